The minimum absolute atomic E-state index is 0.0630. The van der Waals surface area contributed by atoms with Crippen LogP contribution in [0.15, 0.2) is 18.2 Å². The number of aldehydes is 1. The van der Waals surface area contributed by atoms with Gasteiger partial charge in [-0.1, -0.05) is 17.7 Å². The average Bonchev–Trinajstić information content (AvgIpc) is 3.04. The van der Waals surface area contributed by atoms with E-state index in [0.29, 0.717) is 25.8 Å². The van der Waals surface area contributed by atoms with E-state index in [2.05, 4.69) is 10.1 Å². The Morgan fingerprint density at radius 1 is 1.52 bits per heavy atom. The molecule has 136 valence electrons. The van der Waals surface area contributed by atoms with Crippen molar-refractivity contribution in [3.8, 4) is 0 Å². The van der Waals surface area contributed by atoms with Crippen LogP contribution in [0.5, 0.6) is 0 Å². The fourth-order valence-corrected chi connectivity index (χ4v) is 2.84. The summed E-state index contributed by atoms with van der Waals surface area (Å²) in [5.41, 5.74) is 6.14. The molecule has 0 aromatic heterocycles. The van der Waals surface area contributed by atoms with Crippen LogP contribution < -0.4 is 11.1 Å². The predicted molar refractivity (Wildman–Crippen MR) is 88.7 cm³/mol. The second-order valence-corrected chi connectivity index (χ2v) is 6.24. The Labute approximate surface area is 149 Å². The van der Waals surface area contributed by atoms with Gasteiger partial charge in [-0.05, 0) is 36.5 Å². The summed E-state index contributed by atoms with van der Waals surface area (Å²) in [6, 6.07) is 3.64. The number of likely N-dealkylation sites (tertiary alicyclic amines) is 1. The molecular weight excluding hydrogens is 353 g/mol. The number of nitrogens with one attached hydrogen (secondary N) is 1. The normalized spacial score (nSPS) is 17.9. The summed E-state index contributed by atoms with van der Waals surface area (Å²) in [5.74, 6) is -0.317. The van der Waals surface area contributed by atoms with Crippen LogP contribution in [0.25, 0.3) is 0 Å². The predicted octanol–water partition coefficient (Wildman–Crippen LogP) is 1.72. The zero-order valence-electron chi connectivity index (χ0n) is 13.4. The maximum atomic E-state index is 13.2. The maximum Gasteiger partial charge on any atom is 0.418 e. The molecule has 0 saturated carbocycles. The van der Waals surface area contributed by atoms with Gasteiger partial charge in [-0.3, -0.25) is 0 Å². The summed E-state index contributed by atoms with van der Waals surface area (Å²) in [5, 5.41) is 2.24. The van der Waals surface area contributed by atoms with Crippen LogP contribution in [0.4, 0.5) is 14.0 Å². The molecule has 9 heteroatoms. The number of ether oxygens (including phenoxy) is 1. The highest BCUT2D eigenvalue weighted by Gasteiger charge is 2.29. The van der Waals surface area contributed by atoms with Gasteiger partial charge in [0.25, 0.3) is 0 Å². The maximum absolute atomic E-state index is 13.2. The number of halogens is 2. The van der Waals surface area contributed by atoms with Crippen molar-refractivity contribution < 1.29 is 23.5 Å². The second-order valence-electron chi connectivity index (χ2n) is 5.83. The first kappa shape index (κ1) is 19.1. The van der Waals surface area contributed by atoms with E-state index >= 15 is 0 Å². The SMILES string of the molecule is NCC(C=O)NC(=O)OC(=O)N1CCC(Cc2ccc(F)c(Cl)c2)C1. The van der Waals surface area contributed by atoms with Crippen molar-refractivity contribution in [2.75, 3.05) is 19.6 Å². The number of rotatable bonds is 5. The monoisotopic (exact) mass is 371 g/mol. The van der Waals surface area contributed by atoms with Crippen molar-refractivity contribution in [3.63, 3.8) is 0 Å². The lowest BCUT2D eigenvalue weighted by Crippen LogP contribution is -2.43. The fraction of sp³-hybridized carbons (Fsp3) is 0.438. The van der Waals surface area contributed by atoms with Gasteiger partial charge in [-0.25, -0.2) is 14.0 Å². The number of hydrogen-bond donors (Lipinski definition) is 2. The van der Waals surface area contributed by atoms with Crippen molar-refractivity contribution in [1.29, 1.82) is 0 Å². The molecule has 1 aliphatic rings. The van der Waals surface area contributed by atoms with Crippen molar-refractivity contribution in [2.45, 2.75) is 18.9 Å². The zero-order chi connectivity index (χ0) is 18.4. The second kappa shape index (κ2) is 8.77. The van der Waals surface area contributed by atoms with E-state index in [1.54, 1.807) is 12.1 Å². The highest BCUT2D eigenvalue weighted by atomic mass is 35.5. The highest BCUT2D eigenvalue weighted by Crippen LogP contribution is 2.24. The molecule has 1 aromatic carbocycles. The lowest BCUT2D eigenvalue weighted by molar-refractivity contribution is -0.109. The number of hydrogen-bond acceptors (Lipinski definition) is 5. The van der Waals surface area contributed by atoms with E-state index < -0.39 is 24.0 Å². The molecule has 7 nitrogen and oxygen atoms in total. The third kappa shape index (κ3) is 5.40. The summed E-state index contributed by atoms with van der Waals surface area (Å²) in [4.78, 5) is 35.5. The van der Waals surface area contributed by atoms with Gasteiger partial charge in [0.15, 0.2) is 0 Å². The van der Waals surface area contributed by atoms with Gasteiger partial charge in [-0.2, -0.15) is 0 Å². The third-order valence-electron chi connectivity index (χ3n) is 3.95. The molecule has 1 aliphatic heterocycles. The highest BCUT2D eigenvalue weighted by molar-refractivity contribution is 6.30. The van der Waals surface area contributed by atoms with E-state index in [1.165, 1.54) is 11.0 Å². The smallest absolute Gasteiger partial charge is 0.359 e. The average molecular weight is 372 g/mol. The van der Waals surface area contributed by atoms with E-state index in [-0.39, 0.29) is 17.5 Å². The number of nitrogens with zero attached hydrogens (tertiary/aromatic N) is 1. The lowest BCUT2D eigenvalue weighted by atomic mass is 9.99. The zero-order valence-corrected chi connectivity index (χ0v) is 14.2. The first-order chi connectivity index (χ1) is 11.9. The Morgan fingerprint density at radius 2 is 2.28 bits per heavy atom. The molecular formula is C16H19ClFN3O4. The molecule has 1 fully saturated rings. The summed E-state index contributed by atoms with van der Waals surface area (Å²) >= 11 is 5.76. The van der Waals surface area contributed by atoms with Gasteiger partial charge in [0, 0.05) is 19.6 Å². The number of carbonyl (C=O) groups is 3. The largest absolute Gasteiger partial charge is 0.418 e. The van der Waals surface area contributed by atoms with Crippen LogP contribution in [-0.4, -0.2) is 49.0 Å². The van der Waals surface area contributed by atoms with Crippen molar-refractivity contribution >= 4 is 30.1 Å². The van der Waals surface area contributed by atoms with Crippen LogP contribution in [0.1, 0.15) is 12.0 Å². The van der Waals surface area contributed by atoms with Crippen molar-refractivity contribution in [1.82, 2.24) is 10.2 Å². The van der Waals surface area contributed by atoms with Crippen LogP contribution in [-0.2, 0) is 16.0 Å². The number of nitrogens with two attached hydrogens (primary N) is 1. The topological polar surface area (TPSA) is 102 Å². The Bertz CT molecular complexity index is 658. The van der Waals surface area contributed by atoms with Crippen LogP contribution >= 0.6 is 11.6 Å². The number of alkyl carbamates (subject to hydrolysis) is 1. The molecule has 1 aromatic rings. The first-order valence-corrected chi connectivity index (χ1v) is 8.17. The fourth-order valence-electron chi connectivity index (χ4n) is 2.64. The van der Waals surface area contributed by atoms with E-state index in [4.69, 9.17) is 17.3 Å². The standard InChI is InChI=1S/C16H19ClFN3O4/c17-13-6-10(1-2-14(13)18)5-11-3-4-21(8-11)16(24)25-15(23)20-12(7-19)9-22/h1-2,6,9,11-12H,3-5,7-8,19H2,(H,20,23). The molecule has 1 heterocycles. The molecule has 0 aliphatic carbocycles. The van der Waals surface area contributed by atoms with E-state index in [0.717, 1.165) is 12.0 Å². The molecule has 0 radical (unpaired) electrons. The first-order valence-electron chi connectivity index (χ1n) is 7.79. The molecule has 2 unspecified atom stereocenters. The minimum Gasteiger partial charge on any atom is -0.359 e. The Kier molecular flexibility index (Phi) is 6.72. The van der Waals surface area contributed by atoms with Gasteiger partial charge in [0.05, 0.1) is 5.02 Å². The summed E-state index contributed by atoms with van der Waals surface area (Å²) in [6.07, 6.45) is 0.0351. The Balaban J connectivity index is 1.83. The molecule has 2 atom stereocenters. The molecule has 0 bridgehead atoms. The summed E-state index contributed by atoms with van der Waals surface area (Å²) in [7, 11) is 0. The Morgan fingerprint density at radius 3 is 2.92 bits per heavy atom. The lowest BCUT2D eigenvalue weighted by Gasteiger charge is -2.16. The summed E-state index contributed by atoms with van der Waals surface area (Å²) in [6.45, 7) is 0.771. The van der Waals surface area contributed by atoms with Gasteiger partial charge < -0.3 is 25.5 Å². The molecule has 25 heavy (non-hydrogen) atoms. The minimum atomic E-state index is -1.01. The Hall–Kier alpha value is -2.19. The van der Waals surface area contributed by atoms with Crippen molar-refractivity contribution in [2.24, 2.45) is 11.7 Å². The van der Waals surface area contributed by atoms with Crippen molar-refractivity contribution in [3.05, 3.63) is 34.6 Å². The molecule has 2 amide bonds. The third-order valence-corrected chi connectivity index (χ3v) is 4.24. The van der Waals surface area contributed by atoms with Crippen LogP contribution in [0.3, 0.4) is 0 Å². The van der Waals surface area contributed by atoms with E-state index in [1.807, 2.05) is 0 Å². The number of amides is 2. The molecule has 2 rings (SSSR count). The summed E-state index contributed by atoms with van der Waals surface area (Å²) < 4.78 is 17.8. The van der Waals surface area contributed by atoms with Gasteiger partial charge >= 0.3 is 12.2 Å². The number of benzene rings is 1. The molecule has 3 N–H and O–H groups in total. The molecule has 0 spiro atoms. The quantitative estimate of drug-likeness (QED) is 0.606. The number of carbonyl (C=O) groups excluding carboxylic acids is 3. The van der Waals surface area contributed by atoms with Gasteiger partial charge in [0.1, 0.15) is 18.1 Å². The van der Waals surface area contributed by atoms with E-state index in [9.17, 15) is 18.8 Å². The van der Waals surface area contributed by atoms with Gasteiger partial charge in [-0.15, -0.1) is 0 Å². The van der Waals surface area contributed by atoms with Gasteiger partial charge in [0.2, 0.25) is 0 Å². The van der Waals surface area contributed by atoms with Crippen LogP contribution in [0, 0.1) is 11.7 Å². The van der Waals surface area contributed by atoms with Crippen LogP contribution in [0.2, 0.25) is 5.02 Å². The molecule has 1 saturated heterocycles.